The average molecular weight is 466 g/mol. The van der Waals surface area contributed by atoms with Gasteiger partial charge in [-0.3, -0.25) is 4.79 Å². The van der Waals surface area contributed by atoms with Crippen LogP contribution < -0.4 is 4.74 Å². The van der Waals surface area contributed by atoms with Gasteiger partial charge in [0, 0.05) is 6.54 Å². The maximum atomic E-state index is 11.2. The third-order valence-corrected chi connectivity index (χ3v) is 8.42. The molecule has 1 N–H and O–H groups in total. The molecule has 1 saturated heterocycles. The molecule has 0 aromatic heterocycles. The van der Waals surface area contributed by atoms with E-state index in [4.69, 9.17) is 4.74 Å². The van der Waals surface area contributed by atoms with Gasteiger partial charge in [-0.25, -0.2) is 0 Å². The number of carboxylic acids is 1. The van der Waals surface area contributed by atoms with Crippen molar-refractivity contribution >= 4 is 16.7 Å². The van der Waals surface area contributed by atoms with Crippen molar-refractivity contribution in [3.8, 4) is 5.75 Å². The Hall–Kier alpha value is -2.07. The van der Waals surface area contributed by atoms with E-state index in [0.29, 0.717) is 17.4 Å². The molecule has 1 saturated carbocycles. The standard InChI is InChI=1S/C30H43NO3/c1-5-21(20-31-16-14-22(15-17-31)29(32)33)23-6-7-25-19-28(11-8-24(25)18-23)34-27-12-9-26(10-13-27)30(2,3)4/h6-8,11,18-19,21-22,26-27H,5,9-10,12-17,20H2,1-4H3,(H,32,33). The van der Waals surface area contributed by atoms with Crippen LogP contribution in [0.4, 0.5) is 0 Å². The summed E-state index contributed by atoms with van der Waals surface area (Å²) in [7, 11) is 0. The smallest absolute Gasteiger partial charge is 0.306 e. The van der Waals surface area contributed by atoms with Gasteiger partial charge in [0.05, 0.1) is 12.0 Å². The van der Waals surface area contributed by atoms with Crippen LogP contribution in [0, 0.1) is 17.3 Å². The molecule has 4 nitrogen and oxygen atoms in total. The lowest BCUT2D eigenvalue weighted by atomic mass is 9.72. The lowest BCUT2D eigenvalue weighted by Crippen LogP contribution is -2.38. The van der Waals surface area contributed by atoms with Crippen molar-refractivity contribution in [3.63, 3.8) is 0 Å². The number of hydrogen-bond acceptors (Lipinski definition) is 3. The maximum absolute atomic E-state index is 11.2. The summed E-state index contributed by atoms with van der Waals surface area (Å²) < 4.78 is 6.40. The quantitative estimate of drug-likeness (QED) is 0.473. The van der Waals surface area contributed by atoms with E-state index in [2.05, 4.69) is 69.0 Å². The number of piperidine rings is 1. The van der Waals surface area contributed by atoms with Crippen LogP contribution in [0.25, 0.3) is 10.8 Å². The molecule has 1 heterocycles. The van der Waals surface area contributed by atoms with Crippen molar-refractivity contribution in [1.29, 1.82) is 0 Å². The summed E-state index contributed by atoms with van der Waals surface area (Å²) in [4.78, 5) is 13.7. The minimum Gasteiger partial charge on any atom is -0.490 e. The number of nitrogens with zero attached hydrogens (tertiary/aromatic N) is 1. The number of hydrogen-bond donors (Lipinski definition) is 1. The highest BCUT2D eigenvalue weighted by molar-refractivity contribution is 5.84. The number of fused-ring (bicyclic) bond motifs is 1. The number of rotatable bonds is 7. The second-order valence-electron chi connectivity index (χ2n) is 11.7. The lowest BCUT2D eigenvalue weighted by molar-refractivity contribution is -0.143. The highest BCUT2D eigenvalue weighted by Crippen LogP contribution is 2.39. The molecule has 34 heavy (non-hydrogen) atoms. The van der Waals surface area contributed by atoms with E-state index < -0.39 is 5.97 Å². The summed E-state index contributed by atoms with van der Waals surface area (Å²) in [5.41, 5.74) is 1.78. The molecule has 0 amide bonds. The Kier molecular flexibility index (Phi) is 7.87. The SMILES string of the molecule is CCC(CN1CCC(C(=O)O)CC1)c1ccc2cc(OC3CCC(C(C)(C)C)CC3)ccc2c1. The molecule has 4 rings (SSSR count). The van der Waals surface area contributed by atoms with Gasteiger partial charge in [0.2, 0.25) is 0 Å². The van der Waals surface area contributed by atoms with E-state index in [1.807, 2.05) is 0 Å². The molecule has 2 fully saturated rings. The van der Waals surface area contributed by atoms with Crippen LogP contribution in [-0.4, -0.2) is 41.7 Å². The predicted octanol–water partition coefficient (Wildman–Crippen LogP) is 7.11. The predicted molar refractivity (Wildman–Crippen MR) is 140 cm³/mol. The van der Waals surface area contributed by atoms with Crippen molar-refractivity contribution in [3.05, 3.63) is 42.0 Å². The van der Waals surface area contributed by atoms with Crippen LogP contribution in [0.1, 0.15) is 84.1 Å². The molecule has 2 aromatic rings. The number of carboxylic acid groups (broad SMARTS) is 1. The van der Waals surface area contributed by atoms with Crippen molar-refractivity contribution in [2.45, 2.75) is 84.7 Å². The first-order valence-corrected chi connectivity index (χ1v) is 13.4. The average Bonchev–Trinajstić information content (AvgIpc) is 2.82. The highest BCUT2D eigenvalue weighted by Gasteiger charge is 2.30. The van der Waals surface area contributed by atoms with Crippen molar-refractivity contribution < 1.29 is 14.6 Å². The van der Waals surface area contributed by atoms with E-state index in [1.165, 1.54) is 29.2 Å². The zero-order valence-corrected chi connectivity index (χ0v) is 21.6. The fraction of sp³-hybridized carbons (Fsp3) is 0.633. The summed E-state index contributed by atoms with van der Waals surface area (Å²) in [5, 5.41) is 11.8. The van der Waals surface area contributed by atoms with E-state index >= 15 is 0 Å². The highest BCUT2D eigenvalue weighted by atomic mass is 16.5. The van der Waals surface area contributed by atoms with Gasteiger partial charge >= 0.3 is 5.97 Å². The summed E-state index contributed by atoms with van der Waals surface area (Å²) in [6.45, 7) is 12.1. The Morgan fingerprint density at radius 3 is 2.26 bits per heavy atom. The molecule has 1 aliphatic carbocycles. The van der Waals surface area contributed by atoms with Gasteiger partial charge in [-0.05, 0) is 104 Å². The molecular formula is C30H43NO3. The minimum atomic E-state index is -0.637. The van der Waals surface area contributed by atoms with Crippen LogP contribution in [0.3, 0.4) is 0 Å². The normalized spacial score (nSPS) is 23.6. The van der Waals surface area contributed by atoms with Crippen molar-refractivity contribution in [1.82, 2.24) is 4.90 Å². The molecule has 1 aliphatic heterocycles. The largest absolute Gasteiger partial charge is 0.490 e. The number of ether oxygens (including phenoxy) is 1. The molecule has 4 heteroatoms. The van der Waals surface area contributed by atoms with Gasteiger partial charge < -0.3 is 14.7 Å². The Bertz CT molecular complexity index is 963. The van der Waals surface area contributed by atoms with Crippen LogP contribution >= 0.6 is 0 Å². The van der Waals surface area contributed by atoms with E-state index in [9.17, 15) is 9.90 Å². The first kappa shape index (κ1) is 25.0. The van der Waals surface area contributed by atoms with Gasteiger partial charge in [-0.2, -0.15) is 0 Å². The Balaban J connectivity index is 1.36. The van der Waals surface area contributed by atoms with E-state index in [1.54, 1.807) is 0 Å². The molecule has 0 bridgehead atoms. The Morgan fingerprint density at radius 1 is 1.00 bits per heavy atom. The molecule has 2 aromatic carbocycles. The number of carbonyl (C=O) groups is 1. The maximum Gasteiger partial charge on any atom is 0.306 e. The number of aliphatic carboxylic acids is 1. The fourth-order valence-electron chi connectivity index (χ4n) is 5.95. The zero-order valence-electron chi connectivity index (χ0n) is 21.6. The van der Waals surface area contributed by atoms with Gasteiger partial charge in [-0.15, -0.1) is 0 Å². The lowest BCUT2D eigenvalue weighted by Gasteiger charge is -2.37. The van der Waals surface area contributed by atoms with Gasteiger partial charge in [0.1, 0.15) is 5.75 Å². The molecule has 0 radical (unpaired) electrons. The molecular weight excluding hydrogens is 422 g/mol. The summed E-state index contributed by atoms with van der Waals surface area (Å²) in [6.07, 6.45) is 7.79. The van der Waals surface area contributed by atoms with E-state index in [-0.39, 0.29) is 5.92 Å². The Morgan fingerprint density at radius 2 is 1.65 bits per heavy atom. The van der Waals surface area contributed by atoms with Gasteiger partial charge in [0.25, 0.3) is 0 Å². The first-order chi connectivity index (χ1) is 16.2. The first-order valence-electron chi connectivity index (χ1n) is 13.4. The summed E-state index contributed by atoms with van der Waals surface area (Å²) >= 11 is 0. The summed E-state index contributed by atoms with van der Waals surface area (Å²) in [6, 6.07) is 13.4. The molecule has 2 aliphatic rings. The third-order valence-electron chi connectivity index (χ3n) is 8.42. The molecule has 0 spiro atoms. The van der Waals surface area contributed by atoms with Crippen LogP contribution in [0.5, 0.6) is 5.75 Å². The van der Waals surface area contributed by atoms with Crippen LogP contribution in [0.2, 0.25) is 0 Å². The monoisotopic (exact) mass is 465 g/mol. The molecule has 1 unspecified atom stereocenters. The second-order valence-corrected chi connectivity index (χ2v) is 11.7. The van der Waals surface area contributed by atoms with Crippen LogP contribution in [-0.2, 0) is 4.79 Å². The van der Waals surface area contributed by atoms with Gasteiger partial charge in [-0.1, -0.05) is 52.0 Å². The fourth-order valence-corrected chi connectivity index (χ4v) is 5.95. The van der Waals surface area contributed by atoms with Crippen LogP contribution in [0.15, 0.2) is 36.4 Å². The topological polar surface area (TPSA) is 49.8 Å². The summed E-state index contributed by atoms with van der Waals surface area (Å²) in [5.74, 6) is 1.47. The zero-order chi connectivity index (χ0) is 24.3. The van der Waals surface area contributed by atoms with E-state index in [0.717, 1.165) is 63.4 Å². The molecule has 1 atom stereocenters. The minimum absolute atomic E-state index is 0.165. The third kappa shape index (κ3) is 6.13. The second kappa shape index (κ2) is 10.7. The Labute approximate surface area is 205 Å². The number of benzene rings is 2. The molecule has 186 valence electrons. The number of likely N-dealkylation sites (tertiary alicyclic amines) is 1. The van der Waals surface area contributed by atoms with Gasteiger partial charge in [0.15, 0.2) is 0 Å². The van der Waals surface area contributed by atoms with Crippen molar-refractivity contribution in [2.24, 2.45) is 17.3 Å². The van der Waals surface area contributed by atoms with Crippen molar-refractivity contribution in [2.75, 3.05) is 19.6 Å².